The summed E-state index contributed by atoms with van der Waals surface area (Å²) in [7, 11) is 8.77. The first-order valence-corrected chi connectivity index (χ1v) is 9.83. The van der Waals surface area contributed by atoms with Gasteiger partial charge in [0.15, 0.2) is 0 Å². The van der Waals surface area contributed by atoms with Crippen molar-refractivity contribution in [1.29, 1.82) is 0 Å². The number of hydrogen-bond donors (Lipinski definition) is 0. The molecule has 1 unspecified atom stereocenters. The van der Waals surface area contributed by atoms with E-state index in [0.717, 1.165) is 13.1 Å². The van der Waals surface area contributed by atoms with Gasteiger partial charge in [0.1, 0.15) is 0 Å². The van der Waals surface area contributed by atoms with Crippen LogP contribution < -0.4 is 0 Å². The van der Waals surface area contributed by atoms with Crippen LogP contribution in [0.15, 0.2) is 22.3 Å². The molecule has 0 spiro atoms. The normalized spacial score (nSPS) is 19.4. The Labute approximate surface area is 152 Å². The minimum Gasteiger partial charge on any atom is -0.309 e. The monoisotopic (exact) mass is 334 g/mol. The molecule has 0 heterocycles. The van der Waals surface area contributed by atoms with Crippen LogP contribution >= 0.6 is 0 Å². The van der Waals surface area contributed by atoms with E-state index in [-0.39, 0.29) is 0 Å². The molecule has 0 N–H and O–H groups in total. The van der Waals surface area contributed by atoms with Crippen LogP contribution in [0.3, 0.4) is 0 Å². The van der Waals surface area contributed by atoms with E-state index < -0.39 is 0 Å². The van der Waals surface area contributed by atoms with Gasteiger partial charge in [0.25, 0.3) is 0 Å². The van der Waals surface area contributed by atoms with Crippen LogP contribution in [0.1, 0.15) is 54.4 Å². The zero-order valence-corrected chi connectivity index (χ0v) is 18.0. The highest BCUT2D eigenvalue weighted by molar-refractivity contribution is 5.52. The molecule has 1 aliphatic carbocycles. The highest BCUT2D eigenvalue weighted by Crippen LogP contribution is 2.49. The number of allylic oxidation sites excluding steroid dienone is 2. The Morgan fingerprint density at radius 2 is 1.25 bits per heavy atom. The summed E-state index contributed by atoms with van der Waals surface area (Å²) >= 11 is 0. The summed E-state index contributed by atoms with van der Waals surface area (Å²) in [5, 5.41) is 0. The second kappa shape index (κ2) is 9.20. The first kappa shape index (κ1) is 21.4. The van der Waals surface area contributed by atoms with Crippen LogP contribution in [-0.4, -0.2) is 51.1 Å². The summed E-state index contributed by atoms with van der Waals surface area (Å²) in [5.74, 6) is 2.60. The van der Waals surface area contributed by atoms with Crippen molar-refractivity contribution in [3.05, 3.63) is 22.3 Å². The third kappa shape index (κ3) is 5.20. The van der Waals surface area contributed by atoms with Gasteiger partial charge in [-0.15, -0.1) is 0 Å². The van der Waals surface area contributed by atoms with Gasteiger partial charge in [-0.1, -0.05) is 52.7 Å². The molecule has 0 aromatic heterocycles. The molecule has 1 rings (SSSR count). The second-order valence-corrected chi connectivity index (χ2v) is 9.01. The lowest BCUT2D eigenvalue weighted by molar-refractivity contribution is 0.389. The Morgan fingerprint density at radius 3 is 1.62 bits per heavy atom. The van der Waals surface area contributed by atoms with Crippen molar-refractivity contribution in [2.24, 2.45) is 23.7 Å². The van der Waals surface area contributed by atoms with Crippen molar-refractivity contribution >= 4 is 0 Å². The fourth-order valence-electron chi connectivity index (χ4n) is 4.33. The van der Waals surface area contributed by atoms with E-state index in [1.807, 2.05) is 0 Å². The molecular weight excluding hydrogens is 292 g/mol. The topological polar surface area (TPSA) is 6.48 Å². The average molecular weight is 335 g/mol. The van der Waals surface area contributed by atoms with Gasteiger partial charge < -0.3 is 9.80 Å². The van der Waals surface area contributed by atoms with E-state index >= 15 is 0 Å². The lowest BCUT2D eigenvalue weighted by Gasteiger charge is -2.27. The smallest absolute Gasteiger partial charge is 0.00450 e. The average Bonchev–Trinajstić information content (AvgIpc) is 2.77. The Balaban J connectivity index is 3.38. The molecule has 1 aliphatic rings. The van der Waals surface area contributed by atoms with Gasteiger partial charge in [0.05, 0.1) is 0 Å². The van der Waals surface area contributed by atoms with Gasteiger partial charge in [0.2, 0.25) is 0 Å². The van der Waals surface area contributed by atoms with Gasteiger partial charge in [0, 0.05) is 19.0 Å². The summed E-state index contributed by atoms with van der Waals surface area (Å²) in [6.07, 6.45) is 2.41. The number of hydrogen-bond acceptors (Lipinski definition) is 2. The van der Waals surface area contributed by atoms with E-state index in [0.29, 0.717) is 23.7 Å². The molecule has 0 bridgehead atoms. The van der Waals surface area contributed by atoms with Crippen molar-refractivity contribution in [3.63, 3.8) is 0 Å². The van der Waals surface area contributed by atoms with Crippen molar-refractivity contribution in [1.82, 2.24) is 9.80 Å². The Morgan fingerprint density at radius 1 is 0.750 bits per heavy atom. The molecule has 2 nitrogen and oxygen atoms in total. The maximum atomic E-state index is 2.41. The van der Waals surface area contributed by atoms with Gasteiger partial charge >= 0.3 is 0 Å². The predicted octanol–water partition coefficient (Wildman–Crippen LogP) is 5.08. The first-order valence-electron chi connectivity index (χ1n) is 9.83. The largest absolute Gasteiger partial charge is 0.309 e. The van der Waals surface area contributed by atoms with E-state index in [2.05, 4.69) is 79.5 Å². The molecule has 1 atom stereocenters. The van der Waals surface area contributed by atoms with Crippen LogP contribution in [-0.2, 0) is 0 Å². The van der Waals surface area contributed by atoms with Crippen LogP contribution in [0.2, 0.25) is 0 Å². The third-order valence-corrected chi connectivity index (χ3v) is 5.23. The van der Waals surface area contributed by atoms with Crippen molar-refractivity contribution in [2.45, 2.75) is 54.4 Å². The molecule has 0 fully saturated rings. The first-order chi connectivity index (χ1) is 11.1. The Kier molecular flexibility index (Phi) is 8.22. The zero-order chi connectivity index (χ0) is 18.6. The summed E-state index contributed by atoms with van der Waals surface area (Å²) in [4.78, 5) is 4.65. The highest BCUT2D eigenvalue weighted by atomic mass is 15.1. The minimum absolute atomic E-state index is 0.622. The Bertz CT molecular complexity index is 464. The molecule has 0 saturated carbocycles. The molecule has 2 heteroatoms. The molecule has 0 aliphatic heterocycles. The quantitative estimate of drug-likeness (QED) is 0.580. The van der Waals surface area contributed by atoms with Gasteiger partial charge in [-0.25, -0.2) is 0 Å². The Hall–Kier alpha value is -0.600. The number of rotatable bonds is 9. The minimum atomic E-state index is 0.622. The lowest BCUT2D eigenvalue weighted by atomic mass is 9.79. The molecule has 0 radical (unpaired) electrons. The van der Waals surface area contributed by atoms with Crippen LogP contribution in [0, 0.1) is 23.7 Å². The summed E-state index contributed by atoms with van der Waals surface area (Å²) in [6.45, 7) is 16.7. The van der Waals surface area contributed by atoms with E-state index in [4.69, 9.17) is 0 Å². The maximum absolute atomic E-state index is 2.41. The standard InChI is InChI=1S/C22H42N2/c1-15(2)20-18(11-13-23(7)8)21(16(3)4)22(17(5)6)19(20)12-14-24(9)10/h15-17,21H,11-14H2,1-10H3. The van der Waals surface area contributed by atoms with Crippen molar-refractivity contribution in [3.8, 4) is 0 Å². The van der Waals surface area contributed by atoms with E-state index in [9.17, 15) is 0 Å². The molecule has 0 amide bonds. The molecule has 0 aromatic carbocycles. The fourth-order valence-corrected chi connectivity index (χ4v) is 4.33. The van der Waals surface area contributed by atoms with Crippen LogP contribution in [0.4, 0.5) is 0 Å². The molecular formula is C22H42N2. The molecule has 140 valence electrons. The van der Waals surface area contributed by atoms with Crippen molar-refractivity contribution in [2.75, 3.05) is 41.3 Å². The molecule has 24 heavy (non-hydrogen) atoms. The predicted molar refractivity (Wildman–Crippen MR) is 108 cm³/mol. The third-order valence-electron chi connectivity index (χ3n) is 5.23. The van der Waals surface area contributed by atoms with Gasteiger partial charge in [-0.2, -0.15) is 0 Å². The van der Waals surface area contributed by atoms with Gasteiger partial charge in [-0.05, 0) is 69.9 Å². The summed E-state index contributed by atoms with van der Waals surface area (Å²) in [5.41, 5.74) is 6.87. The zero-order valence-electron chi connectivity index (χ0n) is 18.0. The number of nitrogens with zero attached hydrogens (tertiary/aromatic N) is 2. The fraction of sp³-hybridized carbons (Fsp3) is 0.818. The molecule has 0 aromatic rings. The second-order valence-electron chi connectivity index (χ2n) is 9.01. The lowest BCUT2D eigenvalue weighted by Crippen LogP contribution is -2.20. The summed E-state index contributed by atoms with van der Waals surface area (Å²) in [6, 6.07) is 0. The highest BCUT2D eigenvalue weighted by Gasteiger charge is 2.36. The van der Waals surface area contributed by atoms with E-state index in [1.165, 1.54) is 12.8 Å². The van der Waals surface area contributed by atoms with E-state index in [1.54, 1.807) is 22.3 Å². The van der Waals surface area contributed by atoms with Crippen molar-refractivity contribution < 1.29 is 0 Å². The SMILES string of the molecule is CC(C)C1=C(CCN(C)C)C(C(C)C)C(C(C)C)=C1CCN(C)C. The summed E-state index contributed by atoms with van der Waals surface area (Å²) < 4.78 is 0. The maximum Gasteiger partial charge on any atom is 0.00450 e. The molecule has 0 saturated heterocycles. The van der Waals surface area contributed by atoms with Gasteiger partial charge in [-0.3, -0.25) is 0 Å². The van der Waals surface area contributed by atoms with Crippen LogP contribution in [0.25, 0.3) is 0 Å². The van der Waals surface area contributed by atoms with Crippen LogP contribution in [0.5, 0.6) is 0 Å².